The van der Waals surface area contributed by atoms with Gasteiger partial charge in [0.1, 0.15) is 5.82 Å². The van der Waals surface area contributed by atoms with Gasteiger partial charge in [0.05, 0.1) is 16.6 Å². The van der Waals surface area contributed by atoms with Gasteiger partial charge in [0.15, 0.2) is 0 Å². The minimum Gasteiger partial charge on any atom is -0.352 e. The van der Waals surface area contributed by atoms with Crippen LogP contribution in [-0.2, 0) is 0 Å². The number of hydrogen-bond acceptors (Lipinski definition) is 4. The molecule has 0 aliphatic carbocycles. The second-order valence-corrected chi connectivity index (χ2v) is 4.82. The fourth-order valence-corrected chi connectivity index (χ4v) is 2.25. The normalized spacial score (nSPS) is 17.1. The van der Waals surface area contributed by atoms with E-state index in [0.29, 0.717) is 12.5 Å². The third-order valence-electron chi connectivity index (χ3n) is 3.41. The van der Waals surface area contributed by atoms with Crippen LogP contribution >= 0.6 is 12.4 Å². The van der Waals surface area contributed by atoms with E-state index in [0.717, 1.165) is 44.1 Å². The van der Waals surface area contributed by atoms with Crippen LogP contribution in [0.4, 0.5) is 10.1 Å². The van der Waals surface area contributed by atoms with E-state index in [9.17, 15) is 19.3 Å². The summed E-state index contributed by atoms with van der Waals surface area (Å²) in [6, 6.07) is 3.02. The molecule has 116 valence electrons. The van der Waals surface area contributed by atoms with E-state index in [1.165, 1.54) is 0 Å². The molecule has 0 radical (unpaired) electrons. The van der Waals surface area contributed by atoms with E-state index in [1.807, 2.05) is 0 Å². The molecule has 1 atom stereocenters. The number of benzene rings is 1. The van der Waals surface area contributed by atoms with E-state index in [2.05, 4.69) is 10.6 Å². The third kappa shape index (κ3) is 4.64. The van der Waals surface area contributed by atoms with Gasteiger partial charge in [-0.2, -0.15) is 0 Å². The van der Waals surface area contributed by atoms with Gasteiger partial charge in [-0.15, -0.1) is 12.4 Å². The van der Waals surface area contributed by atoms with Gasteiger partial charge < -0.3 is 10.6 Å². The Kier molecular flexibility index (Phi) is 6.51. The van der Waals surface area contributed by atoms with Crippen molar-refractivity contribution in [2.45, 2.75) is 12.8 Å². The summed E-state index contributed by atoms with van der Waals surface area (Å²) in [5, 5.41) is 16.4. The zero-order chi connectivity index (χ0) is 14.5. The highest BCUT2D eigenvalue weighted by molar-refractivity contribution is 5.94. The number of nitro groups is 1. The number of nitrogens with one attached hydrogen (secondary N) is 2. The molecule has 2 rings (SSSR count). The quantitative estimate of drug-likeness (QED) is 0.641. The number of carbonyl (C=O) groups excluding carboxylic acids is 1. The summed E-state index contributed by atoms with van der Waals surface area (Å²) < 4.78 is 13.6. The predicted octanol–water partition coefficient (Wildman–Crippen LogP) is 1.89. The lowest BCUT2D eigenvalue weighted by Crippen LogP contribution is -2.27. The number of amides is 1. The minimum atomic E-state index is -0.876. The van der Waals surface area contributed by atoms with Crippen LogP contribution in [0.15, 0.2) is 18.2 Å². The van der Waals surface area contributed by atoms with Crippen molar-refractivity contribution in [3.63, 3.8) is 0 Å². The largest absolute Gasteiger partial charge is 0.352 e. The van der Waals surface area contributed by atoms with Crippen molar-refractivity contribution in [1.29, 1.82) is 0 Å². The number of carbonyl (C=O) groups is 1. The topological polar surface area (TPSA) is 84.3 Å². The number of rotatable bonds is 5. The average molecular weight is 318 g/mol. The summed E-state index contributed by atoms with van der Waals surface area (Å²) in [6.45, 7) is 2.42. The van der Waals surface area contributed by atoms with Crippen molar-refractivity contribution in [3.05, 3.63) is 39.7 Å². The van der Waals surface area contributed by atoms with Crippen molar-refractivity contribution in [1.82, 2.24) is 10.6 Å². The Balaban J connectivity index is 0.00000220. The number of nitrogens with zero attached hydrogens (tertiary/aromatic N) is 1. The van der Waals surface area contributed by atoms with E-state index >= 15 is 0 Å². The van der Waals surface area contributed by atoms with Crippen LogP contribution in [0, 0.1) is 21.8 Å². The lowest BCUT2D eigenvalue weighted by atomic mass is 10.1. The summed E-state index contributed by atoms with van der Waals surface area (Å²) >= 11 is 0. The molecule has 1 amide bonds. The Morgan fingerprint density at radius 1 is 1.52 bits per heavy atom. The first kappa shape index (κ1) is 17.3. The van der Waals surface area contributed by atoms with E-state index < -0.39 is 16.6 Å². The first-order valence-electron chi connectivity index (χ1n) is 6.51. The number of halogens is 2. The highest BCUT2D eigenvalue weighted by Gasteiger charge is 2.17. The lowest BCUT2D eigenvalue weighted by molar-refractivity contribution is -0.385. The predicted molar refractivity (Wildman–Crippen MR) is 78.2 cm³/mol. The first-order valence-corrected chi connectivity index (χ1v) is 6.51. The van der Waals surface area contributed by atoms with Crippen LogP contribution in [0.5, 0.6) is 0 Å². The van der Waals surface area contributed by atoms with Crippen LogP contribution < -0.4 is 10.6 Å². The maximum Gasteiger partial charge on any atom is 0.272 e. The Morgan fingerprint density at radius 2 is 2.29 bits per heavy atom. The first-order chi connectivity index (χ1) is 9.58. The molecular formula is C13H17ClFN3O3. The van der Waals surface area contributed by atoms with Crippen LogP contribution in [0.25, 0.3) is 0 Å². The van der Waals surface area contributed by atoms with Gasteiger partial charge in [-0.05, 0) is 37.9 Å². The van der Waals surface area contributed by atoms with Crippen molar-refractivity contribution in [2.75, 3.05) is 19.6 Å². The summed E-state index contributed by atoms with van der Waals surface area (Å²) in [7, 11) is 0. The highest BCUT2D eigenvalue weighted by Crippen LogP contribution is 2.16. The molecule has 1 aliphatic heterocycles. The fraction of sp³-hybridized carbons (Fsp3) is 0.462. The standard InChI is InChI=1S/C13H16FN3O3.ClH/c14-12-7-10(17(19)20)1-2-11(12)13(18)16-6-4-9-3-5-15-8-9;/h1-2,7,9,15H,3-6,8H2,(H,16,18);1H. The van der Waals surface area contributed by atoms with Gasteiger partial charge in [-0.3, -0.25) is 14.9 Å². The van der Waals surface area contributed by atoms with E-state index in [4.69, 9.17) is 0 Å². The van der Waals surface area contributed by atoms with E-state index in [1.54, 1.807) is 0 Å². The van der Waals surface area contributed by atoms with Crippen LogP contribution in [-0.4, -0.2) is 30.5 Å². The lowest BCUT2D eigenvalue weighted by Gasteiger charge is -2.09. The fourth-order valence-electron chi connectivity index (χ4n) is 2.25. The molecule has 1 heterocycles. The van der Waals surface area contributed by atoms with Crippen molar-refractivity contribution in [2.24, 2.45) is 5.92 Å². The molecule has 8 heteroatoms. The Morgan fingerprint density at radius 3 is 2.86 bits per heavy atom. The number of non-ortho nitro benzene ring substituents is 1. The second-order valence-electron chi connectivity index (χ2n) is 4.82. The van der Waals surface area contributed by atoms with Gasteiger partial charge in [-0.25, -0.2) is 4.39 Å². The Hall–Kier alpha value is -1.73. The summed E-state index contributed by atoms with van der Waals surface area (Å²) in [4.78, 5) is 21.6. The maximum absolute atomic E-state index is 13.6. The smallest absolute Gasteiger partial charge is 0.272 e. The van der Waals surface area contributed by atoms with Crippen molar-refractivity contribution in [3.8, 4) is 0 Å². The number of nitro benzene ring substituents is 1. The number of hydrogen-bond donors (Lipinski definition) is 2. The summed E-state index contributed by atoms with van der Waals surface area (Å²) in [5.74, 6) is -0.875. The van der Waals surface area contributed by atoms with Gasteiger partial charge in [0.25, 0.3) is 11.6 Å². The third-order valence-corrected chi connectivity index (χ3v) is 3.41. The molecule has 1 saturated heterocycles. The van der Waals surface area contributed by atoms with Crippen molar-refractivity contribution < 1.29 is 14.1 Å². The molecule has 1 aromatic rings. The molecule has 0 saturated carbocycles. The van der Waals surface area contributed by atoms with Crippen LogP contribution in [0.2, 0.25) is 0 Å². The molecule has 0 aromatic heterocycles. The molecule has 0 spiro atoms. The monoisotopic (exact) mass is 317 g/mol. The highest BCUT2D eigenvalue weighted by atomic mass is 35.5. The minimum absolute atomic E-state index is 0. The van der Waals surface area contributed by atoms with Gasteiger partial charge in [0.2, 0.25) is 0 Å². The average Bonchev–Trinajstić information content (AvgIpc) is 2.91. The molecule has 2 N–H and O–H groups in total. The molecule has 1 fully saturated rings. The van der Waals surface area contributed by atoms with Gasteiger partial charge in [-0.1, -0.05) is 0 Å². The zero-order valence-corrected chi connectivity index (χ0v) is 12.1. The second kappa shape index (κ2) is 7.90. The van der Waals surface area contributed by atoms with Gasteiger partial charge >= 0.3 is 0 Å². The molecule has 0 bridgehead atoms. The Bertz CT molecular complexity index is 521. The Labute approximate surface area is 127 Å². The molecule has 1 unspecified atom stereocenters. The SMILES string of the molecule is Cl.O=C(NCCC1CCNC1)c1ccc([N+](=O)[O-])cc1F. The summed E-state index contributed by atoms with van der Waals surface area (Å²) in [6.07, 6.45) is 1.93. The molecule has 1 aliphatic rings. The molecule has 1 aromatic carbocycles. The van der Waals surface area contributed by atoms with E-state index in [-0.39, 0.29) is 23.7 Å². The summed E-state index contributed by atoms with van der Waals surface area (Å²) in [5.41, 5.74) is -0.531. The van der Waals surface area contributed by atoms with Crippen LogP contribution in [0.3, 0.4) is 0 Å². The zero-order valence-electron chi connectivity index (χ0n) is 11.3. The maximum atomic E-state index is 13.6. The van der Waals surface area contributed by atoms with Gasteiger partial charge in [0, 0.05) is 12.6 Å². The molecule has 21 heavy (non-hydrogen) atoms. The van der Waals surface area contributed by atoms with Crippen LogP contribution in [0.1, 0.15) is 23.2 Å². The molecule has 6 nitrogen and oxygen atoms in total. The molecular weight excluding hydrogens is 301 g/mol. The van der Waals surface area contributed by atoms with Crippen molar-refractivity contribution >= 4 is 24.0 Å².